The Bertz CT molecular complexity index is 537. The minimum absolute atomic E-state index is 0. The van der Waals surface area contributed by atoms with Crippen molar-refractivity contribution < 1.29 is 17.9 Å². The second-order valence-electron chi connectivity index (χ2n) is 5.34. The van der Waals surface area contributed by atoms with E-state index in [4.69, 9.17) is 4.74 Å². The van der Waals surface area contributed by atoms with Gasteiger partial charge in [-0.1, -0.05) is 13.0 Å². The molecular weight excluding hydrogens is 422 g/mol. The van der Waals surface area contributed by atoms with Gasteiger partial charge < -0.3 is 15.4 Å². The SMILES string of the molecule is CN=C(NCCOc1cccc(C(F)(F)F)c1)NC1CC1C.I. The lowest BCUT2D eigenvalue weighted by atomic mass is 10.2. The lowest BCUT2D eigenvalue weighted by Crippen LogP contribution is -2.40. The third kappa shape index (κ3) is 6.44. The predicted molar refractivity (Wildman–Crippen MR) is 94.4 cm³/mol. The Labute approximate surface area is 150 Å². The number of ether oxygens (including phenoxy) is 1. The van der Waals surface area contributed by atoms with Crippen molar-refractivity contribution in [2.45, 2.75) is 25.6 Å². The summed E-state index contributed by atoms with van der Waals surface area (Å²) in [6.45, 7) is 2.86. The molecule has 0 aromatic heterocycles. The Balaban J connectivity index is 0.00000264. The zero-order valence-electron chi connectivity index (χ0n) is 13.0. The molecule has 1 aromatic carbocycles. The van der Waals surface area contributed by atoms with E-state index in [0.29, 0.717) is 24.5 Å². The average Bonchev–Trinajstić information content (AvgIpc) is 3.17. The molecule has 1 fully saturated rings. The molecule has 2 rings (SSSR count). The van der Waals surface area contributed by atoms with E-state index in [1.165, 1.54) is 12.1 Å². The smallest absolute Gasteiger partial charge is 0.416 e. The van der Waals surface area contributed by atoms with Crippen molar-refractivity contribution in [1.82, 2.24) is 10.6 Å². The molecule has 4 nitrogen and oxygen atoms in total. The van der Waals surface area contributed by atoms with Gasteiger partial charge in [-0.25, -0.2) is 0 Å². The normalized spacial score (nSPS) is 20.5. The highest BCUT2D eigenvalue weighted by Gasteiger charge is 2.33. The molecule has 2 atom stereocenters. The van der Waals surface area contributed by atoms with E-state index in [9.17, 15) is 13.2 Å². The molecule has 0 saturated heterocycles. The molecule has 0 heterocycles. The first kappa shape index (κ1) is 19.9. The topological polar surface area (TPSA) is 45.7 Å². The van der Waals surface area contributed by atoms with Crippen LogP contribution in [0.2, 0.25) is 0 Å². The maximum Gasteiger partial charge on any atom is 0.416 e. The van der Waals surface area contributed by atoms with Gasteiger partial charge in [-0.15, -0.1) is 24.0 Å². The number of guanidine groups is 1. The van der Waals surface area contributed by atoms with Gasteiger partial charge in [-0.05, 0) is 30.5 Å². The van der Waals surface area contributed by atoms with Gasteiger partial charge >= 0.3 is 6.18 Å². The van der Waals surface area contributed by atoms with Crippen LogP contribution in [0.5, 0.6) is 5.75 Å². The molecule has 130 valence electrons. The predicted octanol–water partition coefficient (Wildman–Crippen LogP) is 3.28. The molecule has 0 amide bonds. The van der Waals surface area contributed by atoms with Crippen molar-refractivity contribution in [2.75, 3.05) is 20.2 Å². The lowest BCUT2D eigenvalue weighted by molar-refractivity contribution is -0.137. The molecule has 1 aliphatic carbocycles. The zero-order valence-corrected chi connectivity index (χ0v) is 15.3. The summed E-state index contributed by atoms with van der Waals surface area (Å²) in [5.74, 6) is 1.54. The van der Waals surface area contributed by atoms with E-state index < -0.39 is 11.7 Å². The van der Waals surface area contributed by atoms with Gasteiger partial charge in [0.15, 0.2) is 5.96 Å². The number of hydrogen-bond acceptors (Lipinski definition) is 2. The summed E-state index contributed by atoms with van der Waals surface area (Å²) in [6, 6.07) is 5.32. The summed E-state index contributed by atoms with van der Waals surface area (Å²) in [5.41, 5.74) is -0.710. The molecule has 8 heteroatoms. The highest BCUT2D eigenvalue weighted by Crippen LogP contribution is 2.31. The van der Waals surface area contributed by atoms with E-state index in [1.807, 2.05) is 0 Å². The number of nitrogens with zero attached hydrogens (tertiary/aromatic N) is 1. The van der Waals surface area contributed by atoms with E-state index in [2.05, 4.69) is 22.5 Å². The number of alkyl halides is 3. The molecule has 2 N–H and O–H groups in total. The Hall–Kier alpha value is -1.19. The molecule has 2 unspecified atom stereocenters. The number of hydrogen-bond donors (Lipinski definition) is 2. The third-order valence-electron chi connectivity index (χ3n) is 3.48. The second-order valence-corrected chi connectivity index (χ2v) is 5.34. The Kier molecular flexibility index (Phi) is 7.43. The van der Waals surface area contributed by atoms with Gasteiger partial charge in [-0.3, -0.25) is 4.99 Å². The molecule has 0 spiro atoms. The van der Waals surface area contributed by atoms with Crippen molar-refractivity contribution >= 4 is 29.9 Å². The maximum absolute atomic E-state index is 12.6. The quantitative estimate of drug-likeness (QED) is 0.318. The Morgan fingerprint density at radius 2 is 2.09 bits per heavy atom. The number of nitrogens with one attached hydrogen (secondary N) is 2. The Morgan fingerprint density at radius 3 is 2.65 bits per heavy atom. The fourth-order valence-electron chi connectivity index (χ4n) is 1.99. The van der Waals surface area contributed by atoms with Crippen LogP contribution in [0.3, 0.4) is 0 Å². The van der Waals surface area contributed by atoms with Crippen LogP contribution in [0, 0.1) is 5.92 Å². The number of aliphatic imine (C=N–C) groups is 1. The van der Waals surface area contributed by atoms with Crippen LogP contribution in [-0.2, 0) is 6.18 Å². The van der Waals surface area contributed by atoms with Crippen LogP contribution in [0.4, 0.5) is 13.2 Å². The fraction of sp³-hybridized carbons (Fsp3) is 0.533. The van der Waals surface area contributed by atoms with E-state index in [1.54, 1.807) is 7.05 Å². The number of rotatable bonds is 5. The molecule has 0 aliphatic heterocycles. The van der Waals surface area contributed by atoms with Crippen molar-refractivity contribution in [2.24, 2.45) is 10.9 Å². The standard InChI is InChI=1S/C15H20F3N3O.HI/c1-10-8-13(10)21-14(19-2)20-6-7-22-12-5-3-4-11(9-12)15(16,17)18;/h3-5,9-10,13H,6-8H2,1-2H3,(H2,19,20,21);1H. The molecule has 0 bridgehead atoms. The van der Waals surface area contributed by atoms with Gasteiger partial charge in [0.1, 0.15) is 12.4 Å². The summed E-state index contributed by atoms with van der Waals surface area (Å²) in [6.07, 6.45) is -3.23. The second kappa shape index (κ2) is 8.60. The minimum Gasteiger partial charge on any atom is -0.492 e. The molecular formula is C15H21F3IN3O. The average molecular weight is 443 g/mol. The Morgan fingerprint density at radius 1 is 1.39 bits per heavy atom. The first-order valence-electron chi connectivity index (χ1n) is 7.17. The largest absolute Gasteiger partial charge is 0.492 e. The molecule has 23 heavy (non-hydrogen) atoms. The van der Waals surface area contributed by atoms with Crippen molar-refractivity contribution in [3.63, 3.8) is 0 Å². The summed E-state index contributed by atoms with van der Waals surface area (Å²) in [7, 11) is 1.68. The fourth-order valence-corrected chi connectivity index (χ4v) is 1.99. The monoisotopic (exact) mass is 443 g/mol. The van der Waals surface area contributed by atoms with Crippen LogP contribution in [-0.4, -0.2) is 32.2 Å². The van der Waals surface area contributed by atoms with E-state index >= 15 is 0 Å². The molecule has 0 radical (unpaired) electrons. The minimum atomic E-state index is -4.36. The summed E-state index contributed by atoms with van der Waals surface area (Å²) >= 11 is 0. The van der Waals surface area contributed by atoms with Crippen LogP contribution >= 0.6 is 24.0 Å². The number of halogens is 4. The van der Waals surface area contributed by atoms with Crippen LogP contribution in [0.15, 0.2) is 29.3 Å². The molecule has 1 saturated carbocycles. The summed E-state index contributed by atoms with van der Waals surface area (Å²) < 4.78 is 43.1. The van der Waals surface area contributed by atoms with Crippen LogP contribution in [0.1, 0.15) is 18.9 Å². The third-order valence-corrected chi connectivity index (χ3v) is 3.48. The van der Waals surface area contributed by atoms with E-state index in [-0.39, 0.29) is 36.3 Å². The summed E-state index contributed by atoms with van der Waals surface area (Å²) in [5, 5.41) is 6.32. The van der Waals surface area contributed by atoms with Gasteiger partial charge in [0.25, 0.3) is 0 Å². The molecule has 1 aliphatic rings. The first-order chi connectivity index (χ1) is 10.4. The lowest BCUT2D eigenvalue weighted by Gasteiger charge is -2.13. The highest BCUT2D eigenvalue weighted by molar-refractivity contribution is 14.0. The van der Waals surface area contributed by atoms with Crippen molar-refractivity contribution in [3.05, 3.63) is 29.8 Å². The van der Waals surface area contributed by atoms with Crippen LogP contribution < -0.4 is 15.4 Å². The van der Waals surface area contributed by atoms with Gasteiger partial charge in [0.2, 0.25) is 0 Å². The van der Waals surface area contributed by atoms with Crippen molar-refractivity contribution in [1.29, 1.82) is 0 Å². The molecule has 1 aromatic rings. The number of benzene rings is 1. The summed E-state index contributed by atoms with van der Waals surface area (Å²) in [4.78, 5) is 4.08. The van der Waals surface area contributed by atoms with Gasteiger partial charge in [0.05, 0.1) is 12.1 Å². The van der Waals surface area contributed by atoms with Crippen molar-refractivity contribution in [3.8, 4) is 5.75 Å². The van der Waals surface area contributed by atoms with Gasteiger partial charge in [-0.2, -0.15) is 13.2 Å². The maximum atomic E-state index is 12.6. The zero-order chi connectivity index (χ0) is 16.2. The van der Waals surface area contributed by atoms with Gasteiger partial charge in [0, 0.05) is 13.1 Å². The highest BCUT2D eigenvalue weighted by atomic mass is 127. The first-order valence-corrected chi connectivity index (χ1v) is 7.17. The van der Waals surface area contributed by atoms with E-state index in [0.717, 1.165) is 18.6 Å². The van der Waals surface area contributed by atoms with Crippen LogP contribution in [0.25, 0.3) is 0 Å².